The lowest BCUT2D eigenvalue weighted by Crippen LogP contribution is -2.21. The number of anilines is 2. The lowest BCUT2D eigenvalue weighted by atomic mass is 10.1. The molecule has 1 amide bonds. The van der Waals surface area contributed by atoms with E-state index in [4.69, 9.17) is 4.74 Å². The van der Waals surface area contributed by atoms with Crippen molar-refractivity contribution in [2.75, 3.05) is 16.6 Å². The van der Waals surface area contributed by atoms with Gasteiger partial charge in [0, 0.05) is 11.4 Å². The van der Waals surface area contributed by atoms with E-state index in [1.807, 2.05) is 25.1 Å². The van der Waals surface area contributed by atoms with Gasteiger partial charge in [-0.25, -0.2) is 8.42 Å². The Bertz CT molecular complexity index is 1230. The first-order valence-corrected chi connectivity index (χ1v) is 11.4. The van der Waals surface area contributed by atoms with Crippen molar-refractivity contribution in [2.24, 2.45) is 0 Å². The van der Waals surface area contributed by atoms with E-state index < -0.39 is 21.8 Å². The Labute approximate surface area is 189 Å². The van der Waals surface area contributed by atoms with Gasteiger partial charge in [-0.3, -0.25) is 9.52 Å². The number of rotatable bonds is 8. The number of benzene rings is 3. The highest BCUT2D eigenvalue weighted by Gasteiger charge is 2.30. The summed E-state index contributed by atoms with van der Waals surface area (Å²) >= 11 is 0. The van der Waals surface area contributed by atoms with Crippen LogP contribution in [0.5, 0.6) is 5.75 Å². The minimum atomic E-state index is -4.59. The summed E-state index contributed by atoms with van der Waals surface area (Å²) in [7, 11) is -4.12. The Hall–Kier alpha value is -3.53. The van der Waals surface area contributed by atoms with Crippen LogP contribution in [0.1, 0.15) is 18.1 Å². The molecule has 3 rings (SSSR count). The van der Waals surface area contributed by atoms with Gasteiger partial charge in [0.2, 0.25) is 0 Å². The van der Waals surface area contributed by atoms with Crippen LogP contribution in [-0.4, -0.2) is 20.9 Å². The summed E-state index contributed by atoms with van der Waals surface area (Å²) < 4.78 is 71.0. The van der Waals surface area contributed by atoms with Gasteiger partial charge >= 0.3 is 6.18 Å². The Kier molecular flexibility index (Phi) is 7.27. The maximum absolute atomic E-state index is 12.8. The van der Waals surface area contributed by atoms with Gasteiger partial charge in [0.15, 0.2) is 6.61 Å². The number of halogens is 3. The van der Waals surface area contributed by atoms with Crippen LogP contribution in [0, 0.1) is 0 Å². The molecule has 0 aromatic heterocycles. The standard InChI is InChI=1S/C23H21F3N2O4S/c1-2-16-6-3-4-9-21(16)27-22(29)15-32-19-10-12-20(13-11-19)33(30,31)28-18-8-5-7-17(14-18)23(24,25)26/h3-14,28H,2,15H2,1H3,(H,27,29). The van der Waals surface area contributed by atoms with Crippen molar-refractivity contribution in [3.05, 3.63) is 83.9 Å². The van der Waals surface area contributed by atoms with Gasteiger partial charge in [-0.2, -0.15) is 13.2 Å². The molecule has 3 aromatic carbocycles. The molecule has 2 N–H and O–H groups in total. The van der Waals surface area contributed by atoms with E-state index in [1.54, 1.807) is 6.07 Å². The van der Waals surface area contributed by atoms with Crippen LogP contribution < -0.4 is 14.8 Å². The van der Waals surface area contributed by atoms with Gasteiger partial charge in [-0.1, -0.05) is 31.2 Å². The average Bonchev–Trinajstić information content (AvgIpc) is 2.78. The topological polar surface area (TPSA) is 84.5 Å². The monoisotopic (exact) mass is 478 g/mol. The molecular formula is C23H21F3N2O4S. The number of carbonyl (C=O) groups is 1. The molecule has 0 heterocycles. The normalized spacial score (nSPS) is 11.6. The third-order valence-corrected chi connectivity index (χ3v) is 6.02. The van der Waals surface area contributed by atoms with Gasteiger partial charge in [-0.15, -0.1) is 0 Å². The van der Waals surface area contributed by atoms with Crippen LogP contribution in [0.3, 0.4) is 0 Å². The second kappa shape index (κ2) is 9.95. The summed E-state index contributed by atoms with van der Waals surface area (Å²) in [5, 5.41) is 2.76. The summed E-state index contributed by atoms with van der Waals surface area (Å²) in [5.74, 6) is -0.120. The van der Waals surface area contributed by atoms with Gasteiger partial charge in [-0.05, 0) is 60.5 Å². The zero-order chi connectivity index (χ0) is 24.1. The van der Waals surface area contributed by atoms with Crippen molar-refractivity contribution in [1.29, 1.82) is 0 Å². The second-order valence-electron chi connectivity index (χ2n) is 7.00. The fourth-order valence-electron chi connectivity index (χ4n) is 2.97. The summed E-state index contributed by atoms with van der Waals surface area (Å²) in [6.45, 7) is 1.69. The second-order valence-corrected chi connectivity index (χ2v) is 8.69. The van der Waals surface area contributed by atoms with Crippen molar-refractivity contribution < 1.29 is 31.1 Å². The van der Waals surface area contributed by atoms with E-state index >= 15 is 0 Å². The lowest BCUT2D eigenvalue weighted by molar-refractivity contribution is -0.137. The summed E-state index contributed by atoms with van der Waals surface area (Å²) in [6.07, 6.45) is -3.84. The highest BCUT2D eigenvalue weighted by Crippen LogP contribution is 2.31. The Morgan fingerprint density at radius 1 is 0.970 bits per heavy atom. The van der Waals surface area contributed by atoms with Crippen molar-refractivity contribution in [3.63, 3.8) is 0 Å². The predicted molar refractivity (Wildman–Crippen MR) is 119 cm³/mol. The van der Waals surface area contributed by atoms with Crippen LogP contribution in [0.2, 0.25) is 0 Å². The van der Waals surface area contributed by atoms with E-state index in [9.17, 15) is 26.4 Å². The number of aryl methyl sites for hydroxylation is 1. The van der Waals surface area contributed by atoms with Gasteiger partial charge < -0.3 is 10.1 Å². The number of hydrogen-bond donors (Lipinski definition) is 2. The molecule has 0 saturated carbocycles. The number of alkyl halides is 3. The fourth-order valence-corrected chi connectivity index (χ4v) is 4.02. The zero-order valence-electron chi connectivity index (χ0n) is 17.5. The summed E-state index contributed by atoms with van der Waals surface area (Å²) in [5.41, 5.74) is 0.491. The molecule has 10 heteroatoms. The highest BCUT2D eigenvalue weighted by molar-refractivity contribution is 7.92. The number of carbonyl (C=O) groups excluding carboxylic acids is 1. The molecule has 0 spiro atoms. The SMILES string of the molecule is CCc1ccccc1NC(=O)COc1ccc(S(=O)(=O)Nc2cccc(C(F)(F)F)c2)cc1. The summed E-state index contributed by atoms with van der Waals surface area (Å²) in [4.78, 5) is 12.0. The molecule has 0 fully saturated rings. The van der Waals surface area contributed by atoms with Crippen LogP contribution in [0.15, 0.2) is 77.7 Å². The molecule has 0 bridgehead atoms. The number of nitrogens with one attached hydrogen (secondary N) is 2. The van der Waals surface area contributed by atoms with Crippen LogP contribution in [0.4, 0.5) is 24.5 Å². The van der Waals surface area contributed by atoms with E-state index in [2.05, 4.69) is 10.0 Å². The maximum atomic E-state index is 12.8. The fraction of sp³-hybridized carbons (Fsp3) is 0.174. The smallest absolute Gasteiger partial charge is 0.416 e. The van der Waals surface area contributed by atoms with E-state index in [1.165, 1.54) is 30.3 Å². The molecular weight excluding hydrogens is 457 g/mol. The molecule has 3 aromatic rings. The highest BCUT2D eigenvalue weighted by atomic mass is 32.2. The van der Waals surface area contributed by atoms with E-state index in [-0.39, 0.29) is 28.8 Å². The zero-order valence-corrected chi connectivity index (χ0v) is 18.3. The van der Waals surface area contributed by atoms with Gasteiger partial charge in [0.1, 0.15) is 5.75 Å². The third-order valence-electron chi connectivity index (χ3n) is 4.62. The first-order chi connectivity index (χ1) is 15.6. The molecule has 0 aliphatic carbocycles. The molecule has 0 aliphatic heterocycles. The van der Waals surface area contributed by atoms with E-state index in [0.29, 0.717) is 11.8 Å². The lowest BCUT2D eigenvalue weighted by Gasteiger charge is -2.12. The number of hydrogen-bond acceptors (Lipinski definition) is 4. The van der Waals surface area contributed by atoms with Crippen molar-refractivity contribution >= 4 is 27.3 Å². The number of amides is 1. The first-order valence-electron chi connectivity index (χ1n) is 9.89. The van der Waals surface area contributed by atoms with Crippen LogP contribution >= 0.6 is 0 Å². The third kappa shape index (κ3) is 6.48. The Morgan fingerprint density at radius 2 is 1.67 bits per heavy atom. The molecule has 33 heavy (non-hydrogen) atoms. The molecule has 0 atom stereocenters. The number of para-hydroxylation sites is 1. The minimum Gasteiger partial charge on any atom is -0.484 e. The Balaban J connectivity index is 1.62. The largest absolute Gasteiger partial charge is 0.484 e. The van der Waals surface area contributed by atoms with Crippen molar-refractivity contribution in [3.8, 4) is 5.75 Å². The predicted octanol–water partition coefficient (Wildman–Crippen LogP) is 5.09. The van der Waals surface area contributed by atoms with Crippen molar-refractivity contribution in [1.82, 2.24) is 0 Å². The van der Waals surface area contributed by atoms with Crippen LogP contribution in [-0.2, 0) is 27.4 Å². The van der Waals surface area contributed by atoms with Crippen LogP contribution in [0.25, 0.3) is 0 Å². The maximum Gasteiger partial charge on any atom is 0.416 e. The Morgan fingerprint density at radius 3 is 2.33 bits per heavy atom. The summed E-state index contributed by atoms with van der Waals surface area (Å²) in [6, 6.07) is 16.4. The van der Waals surface area contributed by atoms with Crippen molar-refractivity contribution in [2.45, 2.75) is 24.4 Å². The molecule has 0 aliphatic rings. The minimum absolute atomic E-state index is 0.173. The molecule has 174 valence electrons. The molecule has 0 unspecified atom stereocenters. The molecule has 0 saturated heterocycles. The van der Waals surface area contributed by atoms with E-state index in [0.717, 1.165) is 24.1 Å². The number of sulfonamides is 1. The first kappa shape index (κ1) is 24.1. The van der Waals surface area contributed by atoms with Gasteiger partial charge in [0.05, 0.1) is 10.5 Å². The van der Waals surface area contributed by atoms with Gasteiger partial charge in [0.25, 0.3) is 15.9 Å². The average molecular weight is 478 g/mol. The quantitative estimate of drug-likeness (QED) is 0.473. The molecule has 0 radical (unpaired) electrons. The number of ether oxygens (including phenoxy) is 1. The molecule has 6 nitrogen and oxygen atoms in total.